The number of hydrogen-bond acceptors (Lipinski definition) is 7. The molecule has 2 bridgehead atoms. The van der Waals surface area contributed by atoms with E-state index >= 15 is 0 Å². The first-order valence-electron chi connectivity index (χ1n) is 11.4. The second-order valence-corrected chi connectivity index (χ2v) is 11.6. The molecule has 2 aromatic heterocycles. The van der Waals surface area contributed by atoms with Crippen molar-refractivity contribution >= 4 is 39.3 Å². The molecule has 2 unspecified atom stereocenters. The zero-order chi connectivity index (χ0) is 25.8. The molecule has 3 heterocycles. The van der Waals surface area contributed by atoms with Gasteiger partial charge in [0.05, 0.1) is 22.9 Å². The van der Waals surface area contributed by atoms with Crippen molar-refractivity contribution in [1.82, 2.24) is 14.3 Å². The number of rotatable bonds is 6. The number of nitrogens with zero attached hydrogens (tertiary/aromatic N) is 3. The third-order valence-corrected chi connectivity index (χ3v) is 9.22. The van der Waals surface area contributed by atoms with Crippen LogP contribution < -0.4 is 10.0 Å². The summed E-state index contributed by atoms with van der Waals surface area (Å²) in [6.45, 7) is -0.168. The fraction of sp³-hybridized carbons (Fsp3) is 0.435. The van der Waals surface area contributed by atoms with Gasteiger partial charge >= 0.3 is 0 Å². The van der Waals surface area contributed by atoms with Crippen LogP contribution in [0.3, 0.4) is 0 Å². The minimum Gasteiger partial charge on any atom is -0.393 e. The third kappa shape index (κ3) is 4.21. The molecule has 3 aliphatic rings. The number of aliphatic hydroxyl groups is 2. The van der Waals surface area contributed by atoms with Gasteiger partial charge in [-0.25, -0.2) is 18.1 Å². The maximum absolute atomic E-state index is 13.7. The van der Waals surface area contributed by atoms with Crippen molar-refractivity contribution in [2.45, 2.75) is 48.8 Å². The summed E-state index contributed by atoms with van der Waals surface area (Å²) in [7, 11) is -4.18. The van der Waals surface area contributed by atoms with Gasteiger partial charge in [0, 0.05) is 24.3 Å². The van der Waals surface area contributed by atoms with Gasteiger partial charge in [0.1, 0.15) is 22.4 Å². The van der Waals surface area contributed by atoms with E-state index in [0.717, 1.165) is 18.9 Å². The Hall–Kier alpha value is -2.82. The van der Waals surface area contributed by atoms with Crippen LogP contribution in [0.1, 0.15) is 47.6 Å². The van der Waals surface area contributed by atoms with Gasteiger partial charge in [-0.1, -0.05) is 17.7 Å². The average molecular weight is 536 g/mol. The van der Waals surface area contributed by atoms with Crippen LogP contribution in [0.5, 0.6) is 0 Å². The molecule has 2 aliphatic carbocycles. The second-order valence-electron chi connectivity index (χ2n) is 9.55. The number of amides is 1. The molecule has 1 aliphatic heterocycles. The van der Waals surface area contributed by atoms with E-state index in [1.165, 1.54) is 10.6 Å². The molecule has 1 amide bonds. The molecule has 2 aromatic rings. The van der Waals surface area contributed by atoms with Crippen molar-refractivity contribution in [3.8, 4) is 6.07 Å². The van der Waals surface area contributed by atoms with Crippen LogP contribution in [0.2, 0.25) is 5.02 Å². The van der Waals surface area contributed by atoms with Crippen molar-refractivity contribution < 1.29 is 27.8 Å². The molecular weight excluding hydrogens is 513 g/mol. The van der Waals surface area contributed by atoms with Crippen molar-refractivity contribution in [2.75, 3.05) is 11.9 Å². The van der Waals surface area contributed by atoms with Gasteiger partial charge in [0.25, 0.3) is 5.91 Å². The maximum Gasteiger partial charge on any atom is 0.273 e. The lowest BCUT2D eigenvalue weighted by Crippen LogP contribution is -2.51. The van der Waals surface area contributed by atoms with Crippen LogP contribution in [0.25, 0.3) is 6.08 Å². The number of anilines is 1. The first-order valence-corrected chi connectivity index (χ1v) is 13.2. The minimum atomic E-state index is -4.18. The number of aromatic nitrogens is 2. The summed E-state index contributed by atoms with van der Waals surface area (Å²) in [6.07, 6.45) is 5.28. The van der Waals surface area contributed by atoms with Crippen molar-refractivity contribution in [2.24, 2.45) is 11.8 Å². The predicted molar refractivity (Wildman–Crippen MR) is 127 cm³/mol. The van der Waals surface area contributed by atoms with E-state index in [1.807, 2.05) is 0 Å². The zero-order valence-electron chi connectivity index (χ0n) is 18.9. The van der Waals surface area contributed by atoms with Gasteiger partial charge in [0.15, 0.2) is 0 Å². The van der Waals surface area contributed by atoms with Crippen molar-refractivity contribution in [3.63, 3.8) is 0 Å². The number of nitrogens with one attached hydrogen (secondary N) is 2. The molecule has 0 aromatic carbocycles. The first kappa shape index (κ1) is 24.9. The number of pyridine rings is 1. The Labute approximate surface area is 211 Å². The van der Waals surface area contributed by atoms with Gasteiger partial charge in [0.2, 0.25) is 16.0 Å². The lowest BCUT2D eigenvalue weighted by molar-refractivity contribution is -0.0672. The number of nitriles is 1. The predicted octanol–water partition coefficient (Wildman–Crippen LogP) is 2.02. The number of hydrogen-bond donors (Lipinski definition) is 4. The highest BCUT2D eigenvalue weighted by molar-refractivity contribution is 7.89. The number of carbonyl (C=O) groups is 1. The molecule has 2 atom stereocenters. The van der Waals surface area contributed by atoms with E-state index in [1.54, 1.807) is 18.2 Å². The summed E-state index contributed by atoms with van der Waals surface area (Å²) in [4.78, 5) is 16.3. The molecule has 190 valence electrons. The van der Waals surface area contributed by atoms with Gasteiger partial charge in [-0.05, 0) is 49.7 Å². The Kier molecular flexibility index (Phi) is 6.17. The van der Waals surface area contributed by atoms with Gasteiger partial charge in [-0.15, -0.1) is 0 Å². The highest BCUT2D eigenvalue weighted by Gasteiger charge is 2.50. The smallest absolute Gasteiger partial charge is 0.273 e. The zero-order valence-corrected chi connectivity index (χ0v) is 20.5. The summed E-state index contributed by atoms with van der Waals surface area (Å²) in [6, 6.07) is 3.39. The van der Waals surface area contributed by atoms with Crippen molar-refractivity contribution in [1.29, 1.82) is 5.26 Å². The molecule has 5 rings (SSSR count). The Balaban J connectivity index is 1.46. The van der Waals surface area contributed by atoms with Crippen molar-refractivity contribution in [3.05, 3.63) is 46.3 Å². The standard InChI is InChI=1S/C23H23ClFN5O5S/c24-18-20(22(32)28-14-6-15(10-26)27-17(25)7-14)30-5-1-2-16(30)21(18)36(34,35)29-19-12-3-4-13(19)9-23(33,8-12)11-31/h1-2,6-7,12-13,19,29,31,33H,3-5,8-9,11H2,(H,27,28,32). The lowest BCUT2D eigenvalue weighted by atomic mass is 9.75. The van der Waals surface area contributed by atoms with E-state index in [-0.39, 0.29) is 70.5 Å². The molecule has 4 N–H and O–H groups in total. The molecule has 0 saturated heterocycles. The van der Waals surface area contributed by atoms with E-state index in [9.17, 15) is 27.8 Å². The average Bonchev–Trinajstić information content (AvgIpc) is 3.44. The largest absolute Gasteiger partial charge is 0.393 e. The number of carbonyl (C=O) groups excluding carboxylic acids is 1. The van der Waals surface area contributed by atoms with Crippen LogP contribution in [-0.2, 0) is 16.6 Å². The first-order chi connectivity index (χ1) is 17.0. The monoisotopic (exact) mass is 535 g/mol. The number of fused-ring (bicyclic) bond motifs is 3. The molecule has 13 heteroatoms. The molecule has 36 heavy (non-hydrogen) atoms. The minimum absolute atomic E-state index is 0.0284. The quantitative estimate of drug-likeness (QED) is 0.412. The Morgan fingerprint density at radius 2 is 2.03 bits per heavy atom. The summed E-state index contributed by atoms with van der Waals surface area (Å²) in [5, 5.41) is 31.3. The molecule has 2 saturated carbocycles. The summed E-state index contributed by atoms with van der Waals surface area (Å²) in [5.41, 5.74) is -1.35. The van der Waals surface area contributed by atoms with Crippen LogP contribution in [0.15, 0.2) is 23.1 Å². The number of halogens is 2. The summed E-state index contributed by atoms with van der Waals surface area (Å²) in [5.74, 6) is -2.01. The highest BCUT2D eigenvalue weighted by atomic mass is 35.5. The topological polar surface area (TPSA) is 157 Å². The Morgan fingerprint density at radius 1 is 1.33 bits per heavy atom. The van der Waals surface area contributed by atoms with E-state index < -0.39 is 33.5 Å². The van der Waals surface area contributed by atoms with E-state index in [0.29, 0.717) is 0 Å². The highest BCUT2D eigenvalue weighted by Crippen LogP contribution is 2.47. The molecular formula is C23H23ClFN5O5S. The normalized spacial score (nSPS) is 26.6. The molecule has 10 nitrogen and oxygen atoms in total. The lowest BCUT2D eigenvalue weighted by Gasteiger charge is -2.40. The second kappa shape index (κ2) is 8.93. The number of allylic oxidation sites excluding steroid dienone is 1. The maximum atomic E-state index is 13.7. The van der Waals surface area contributed by atoms with Gasteiger partial charge in [-0.2, -0.15) is 9.65 Å². The third-order valence-electron chi connectivity index (χ3n) is 7.21. The number of aliphatic hydroxyl groups excluding tert-OH is 1. The summed E-state index contributed by atoms with van der Waals surface area (Å²) >= 11 is 6.51. The molecule has 0 radical (unpaired) electrons. The molecule has 0 spiro atoms. The fourth-order valence-electron chi connectivity index (χ4n) is 5.75. The van der Waals surface area contributed by atoms with Crippen LogP contribution in [0, 0.1) is 29.1 Å². The van der Waals surface area contributed by atoms with Crippen LogP contribution >= 0.6 is 11.6 Å². The number of sulfonamides is 1. The van der Waals surface area contributed by atoms with Gasteiger partial charge < -0.3 is 20.1 Å². The molecule has 2 fully saturated rings. The SMILES string of the molecule is N#Cc1cc(NC(=O)c2c(Cl)c(S(=O)(=O)NC3C4CCC3CC(O)(CO)C4)c3n2CC=C3)cc(F)n1. The fourth-order valence-corrected chi connectivity index (χ4v) is 7.99. The Morgan fingerprint density at radius 3 is 2.67 bits per heavy atom. The summed E-state index contributed by atoms with van der Waals surface area (Å²) < 4.78 is 45.1. The van der Waals surface area contributed by atoms with Crippen LogP contribution in [0.4, 0.5) is 10.1 Å². The van der Waals surface area contributed by atoms with Crippen LogP contribution in [-0.4, -0.2) is 52.3 Å². The Bertz CT molecular complexity index is 1420. The van der Waals surface area contributed by atoms with Gasteiger partial charge in [-0.3, -0.25) is 4.79 Å². The van der Waals surface area contributed by atoms with E-state index in [2.05, 4.69) is 15.0 Å². The van der Waals surface area contributed by atoms with E-state index in [4.69, 9.17) is 16.9 Å².